The standard InChI is InChI=1S/C10H15ClN4O/c1-5(4-8(12)16)13-10-7(3)6(2)9(11)14-15-10/h5H,4H2,1-3H3,(H2,12,16)(H,13,15). The molecular weight excluding hydrogens is 228 g/mol. The summed E-state index contributed by atoms with van der Waals surface area (Å²) in [5.74, 6) is 0.284. The summed E-state index contributed by atoms with van der Waals surface area (Å²) in [5.41, 5.74) is 6.91. The number of hydrogen-bond donors (Lipinski definition) is 2. The molecule has 0 bridgehead atoms. The first-order valence-electron chi connectivity index (χ1n) is 4.96. The molecule has 1 rings (SSSR count). The minimum Gasteiger partial charge on any atom is -0.370 e. The Hall–Kier alpha value is -1.36. The number of carbonyl (C=O) groups is 1. The van der Waals surface area contributed by atoms with E-state index in [4.69, 9.17) is 17.3 Å². The van der Waals surface area contributed by atoms with Gasteiger partial charge in [-0.05, 0) is 31.9 Å². The zero-order valence-electron chi connectivity index (χ0n) is 9.54. The summed E-state index contributed by atoms with van der Waals surface area (Å²) in [6, 6.07) is -0.0777. The number of nitrogens with one attached hydrogen (secondary N) is 1. The van der Waals surface area contributed by atoms with Crippen LogP contribution in [0.4, 0.5) is 5.82 Å². The van der Waals surface area contributed by atoms with Gasteiger partial charge in [0, 0.05) is 12.5 Å². The second-order valence-electron chi connectivity index (χ2n) is 3.81. The summed E-state index contributed by atoms with van der Waals surface area (Å²) in [6.07, 6.45) is 0.253. The van der Waals surface area contributed by atoms with Gasteiger partial charge in [0.05, 0.1) is 0 Å². The highest BCUT2D eigenvalue weighted by molar-refractivity contribution is 6.30. The summed E-state index contributed by atoms with van der Waals surface area (Å²) in [7, 11) is 0. The number of carbonyl (C=O) groups excluding carboxylic acids is 1. The Bertz CT molecular complexity index is 408. The lowest BCUT2D eigenvalue weighted by Gasteiger charge is -2.15. The van der Waals surface area contributed by atoms with Gasteiger partial charge >= 0.3 is 0 Å². The highest BCUT2D eigenvalue weighted by Crippen LogP contribution is 2.21. The zero-order valence-corrected chi connectivity index (χ0v) is 10.3. The monoisotopic (exact) mass is 242 g/mol. The second kappa shape index (κ2) is 5.12. The summed E-state index contributed by atoms with van der Waals surface area (Å²) in [4.78, 5) is 10.7. The number of halogens is 1. The number of amides is 1. The van der Waals surface area contributed by atoms with E-state index < -0.39 is 0 Å². The Morgan fingerprint density at radius 3 is 2.62 bits per heavy atom. The maximum Gasteiger partial charge on any atom is 0.219 e. The Labute approximate surface area is 99.4 Å². The molecule has 5 nitrogen and oxygen atoms in total. The number of aromatic nitrogens is 2. The van der Waals surface area contributed by atoms with Crippen LogP contribution in [0.15, 0.2) is 0 Å². The van der Waals surface area contributed by atoms with Gasteiger partial charge in [-0.25, -0.2) is 0 Å². The normalized spacial score (nSPS) is 12.2. The van der Waals surface area contributed by atoms with Crippen molar-refractivity contribution in [2.75, 3.05) is 5.32 Å². The van der Waals surface area contributed by atoms with Gasteiger partial charge in [-0.1, -0.05) is 11.6 Å². The van der Waals surface area contributed by atoms with E-state index in [2.05, 4.69) is 15.5 Å². The SMILES string of the molecule is Cc1c(Cl)nnc(NC(C)CC(N)=O)c1C. The van der Waals surface area contributed by atoms with Crippen LogP contribution < -0.4 is 11.1 Å². The quantitative estimate of drug-likeness (QED) is 0.837. The number of hydrogen-bond acceptors (Lipinski definition) is 4. The van der Waals surface area contributed by atoms with E-state index in [1.165, 1.54) is 0 Å². The molecule has 1 aromatic rings. The van der Waals surface area contributed by atoms with Gasteiger partial charge < -0.3 is 11.1 Å². The first-order chi connectivity index (χ1) is 7.41. The molecular formula is C10H15ClN4O. The third-order valence-corrected chi connectivity index (χ3v) is 2.71. The van der Waals surface area contributed by atoms with E-state index in [1.54, 1.807) is 0 Å². The van der Waals surface area contributed by atoms with Crippen molar-refractivity contribution in [3.8, 4) is 0 Å². The van der Waals surface area contributed by atoms with Crippen LogP contribution in [-0.2, 0) is 4.79 Å². The molecule has 1 aromatic heterocycles. The Balaban J connectivity index is 2.82. The topological polar surface area (TPSA) is 80.9 Å². The van der Waals surface area contributed by atoms with Crippen molar-refractivity contribution in [1.82, 2.24) is 10.2 Å². The van der Waals surface area contributed by atoms with Crippen LogP contribution >= 0.6 is 11.6 Å². The summed E-state index contributed by atoms with van der Waals surface area (Å²) >= 11 is 5.83. The molecule has 1 heterocycles. The minimum absolute atomic E-state index is 0.0777. The van der Waals surface area contributed by atoms with Crippen molar-refractivity contribution < 1.29 is 4.79 Å². The van der Waals surface area contributed by atoms with Crippen LogP contribution in [0.5, 0.6) is 0 Å². The minimum atomic E-state index is -0.351. The Morgan fingerprint density at radius 2 is 2.06 bits per heavy atom. The Kier molecular flexibility index (Phi) is 4.06. The van der Waals surface area contributed by atoms with Crippen molar-refractivity contribution in [3.05, 3.63) is 16.3 Å². The van der Waals surface area contributed by atoms with Crippen molar-refractivity contribution in [2.24, 2.45) is 5.73 Å². The van der Waals surface area contributed by atoms with Gasteiger partial charge in [0.15, 0.2) is 11.0 Å². The lowest BCUT2D eigenvalue weighted by atomic mass is 10.1. The average Bonchev–Trinajstić information content (AvgIpc) is 2.18. The molecule has 0 aliphatic rings. The summed E-state index contributed by atoms with van der Waals surface area (Å²) in [5, 5.41) is 11.2. The second-order valence-corrected chi connectivity index (χ2v) is 4.16. The van der Waals surface area contributed by atoms with Crippen LogP contribution in [0.2, 0.25) is 5.15 Å². The molecule has 1 atom stereocenters. The predicted octanol–water partition coefficient (Wildman–Crippen LogP) is 1.42. The van der Waals surface area contributed by atoms with Gasteiger partial charge in [0.25, 0.3) is 0 Å². The molecule has 1 amide bonds. The lowest BCUT2D eigenvalue weighted by Crippen LogP contribution is -2.25. The maximum absolute atomic E-state index is 10.7. The third-order valence-electron chi connectivity index (χ3n) is 2.36. The smallest absolute Gasteiger partial charge is 0.219 e. The molecule has 0 fully saturated rings. The van der Waals surface area contributed by atoms with E-state index in [9.17, 15) is 4.79 Å². The summed E-state index contributed by atoms with van der Waals surface area (Å²) in [6.45, 7) is 5.63. The molecule has 3 N–H and O–H groups in total. The van der Waals surface area contributed by atoms with Gasteiger partial charge in [0.2, 0.25) is 5.91 Å². The molecule has 0 radical (unpaired) electrons. The molecule has 1 unspecified atom stereocenters. The largest absolute Gasteiger partial charge is 0.370 e. The molecule has 0 saturated heterocycles. The number of nitrogens with zero attached hydrogens (tertiary/aromatic N) is 2. The van der Waals surface area contributed by atoms with Crippen LogP contribution in [-0.4, -0.2) is 22.1 Å². The van der Waals surface area contributed by atoms with Gasteiger partial charge in [-0.2, -0.15) is 0 Å². The van der Waals surface area contributed by atoms with E-state index in [0.29, 0.717) is 11.0 Å². The van der Waals surface area contributed by atoms with E-state index >= 15 is 0 Å². The van der Waals surface area contributed by atoms with Crippen LogP contribution in [0.3, 0.4) is 0 Å². The van der Waals surface area contributed by atoms with Crippen molar-refractivity contribution in [1.29, 1.82) is 0 Å². The van der Waals surface area contributed by atoms with Crippen molar-refractivity contribution >= 4 is 23.3 Å². The molecule has 0 saturated carbocycles. The van der Waals surface area contributed by atoms with Gasteiger partial charge in [-0.3, -0.25) is 4.79 Å². The zero-order chi connectivity index (χ0) is 12.3. The van der Waals surface area contributed by atoms with E-state index in [1.807, 2.05) is 20.8 Å². The third kappa shape index (κ3) is 3.06. The number of anilines is 1. The van der Waals surface area contributed by atoms with Gasteiger partial charge in [-0.15, -0.1) is 10.2 Å². The molecule has 16 heavy (non-hydrogen) atoms. The lowest BCUT2D eigenvalue weighted by molar-refractivity contribution is -0.118. The number of rotatable bonds is 4. The predicted molar refractivity (Wildman–Crippen MR) is 63.4 cm³/mol. The van der Waals surface area contributed by atoms with E-state index in [-0.39, 0.29) is 18.4 Å². The van der Waals surface area contributed by atoms with Gasteiger partial charge in [0.1, 0.15) is 0 Å². The molecule has 6 heteroatoms. The molecule has 0 aliphatic heterocycles. The molecule has 88 valence electrons. The van der Waals surface area contributed by atoms with Crippen LogP contribution in [0, 0.1) is 13.8 Å². The van der Waals surface area contributed by atoms with Crippen molar-refractivity contribution in [3.63, 3.8) is 0 Å². The number of nitrogens with two attached hydrogens (primary N) is 1. The first-order valence-corrected chi connectivity index (χ1v) is 5.33. The molecule has 0 spiro atoms. The highest BCUT2D eigenvalue weighted by Gasteiger charge is 2.11. The summed E-state index contributed by atoms with van der Waals surface area (Å²) < 4.78 is 0. The van der Waals surface area contributed by atoms with Crippen LogP contribution in [0.25, 0.3) is 0 Å². The molecule has 0 aliphatic carbocycles. The highest BCUT2D eigenvalue weighted by atomic mass is 35.5. The number of primary amides is 1. The first kappa shape index (κ1) is 12.7. The van der Waals surface area contributed by atoms with Crippen molar-refractivity contribution in [2.45, 2.75) is 33.2 Å². The Morgan fingerprint density at radius 1 is 1.44 bits per heavy atom. The fourth-order valence-electron chi connectivity index (χ4n) is 1.30. The fraction of sp³-hybridized carbons (Fsp3) is 0.500. The van der Waals surface area contributed by atoms with Crippen LogP contribution in [0.1, 0.15) is 24.5 Å². The fourth-order valence-corrected chi connectivity index (χ4v) is 1.48. The molecule has 0 aromatic carbocycles. The maximum atomic E-state index is 10.7. The average molecular weight is 243 g/mol. The van der Waals surface area contributed by atoms with E-state index in [0.717, 1.165) is 11.1 Å².